The Morgan fingerprint density at radius 2 is 1.15 bits per heavy atom. The van der Waals surface area contributed by atoms with Crippen LogP contribution in [0.2, 0.25) is 0 Å². The SMILES string of the molecule is c1ccc(-c2cc(-n3c4ccccc4c4cc5sc(-c6ccccc6)nc5cc43)nc(-c3ccccc3)n2)cc1. The summed E-state index contributed by atoms with van der Waals surface area (Å²) >= 11 is 1.73. The van der Waals surface area contributed by atoms with Crippen LogP contribution in [-0.4, -0.2) is 19.5 Å². The monoisotopic (exact) mass is 530 g/mol. The van der Waals surface area contributed by atoms with Gasteiger partial charge in [0.2, 0.25) is 0 Å². The van der Waals surface area contributed by atoms with Gasteiger partial charge in [-0.15, -0.1) is 11.3 Å². The number of para-hydroxylation sites is 1. The Balaban J connectivity index is 1.42. The molecule has 5 heteroatoms. The predicted molar refractivity (Wildman–Crippen MR) is 166 cm³/mol. The van der Waals surface area contributed by atoms with Crippen LogP contribution in [0, 0.1) is 0 Å². The maximum absolute atomic E-state index is 5.14. The average Bonchev–Trinajstić information content (AvgIpc) is 3.59. The molecule has 188 valence electrons. The quantitative estimate of drug-likeness (QED) is 0.228. The number of thiazole rings is 1. The van der Waals surface area contributed by atoms with Crippen molar-refractivity contribution in [3.8, 4) is 39.0 Å². The Morgan fingerprint density at radius 1 is 0.500 bits per heavy atom. The van der Waals surface area contributed by atoms with Crippen LogP contribution >= 0.6 is 11.3 Å². The van der Waals surface area contributed by atoms with E-state index >= 15 is 0 Å². The van der Waals surface area contributed by atoms with Crippen LogP contribution in [0.3, 0.4) is 0 Å². The number of benzene rings is 5. The minimum Gasteiger partial charge on any atom is -0.294 e. The van der Waals surface area contributed by atoms with Gasteiger partial charge in [-0.3, -0.25) is 4.57 Å². The van der Waals surface area contributed by atoms with Gasteiger partial charge in [-0.1, -0.05) is 109 Å². The first kappa shape index (κ1) is 22.8. The first-order valence-electron chi connectivity index (χ1n) is 13.2. The summed E-state index contributed by atoms with van der Waals surface area (Å²) in [6.45, 7) is 0. The highest BCUT2D eigenvalue weighted by molar-refractivity contribution is 7.21. The van der Waals surface area contributed by atoms with Gasteiger partial charge >= 0.3 is 0 Å². The lowest BCUT2D eigenvalue weighted by Crippen LogP contribution is -2.02. The molecule has 0 saturated heterocycles. The second-order valence-electron chi connectivity index (χ2n) is 9.74. The van der Waals surface area contributed by atoms with Gasteiger partial charge in [-0.2, -0.15) is 0 Å². The number of fused-ring (bicyclic) bond motifs is 4. The first-order chi connectivity index (χ1) is 19.8. The van der Waals surface area contributed by atoms with E-state index in [0.717, 1.165) is 49.8 Å². The van der Waals surface area contributed by atoms with Gasteiger partial charge in [-0.05, 0) is 18.2 Å². The standard InChI is InChI=1S/C35H22N4S/c1-4-12-23(13-5-1)28-22-33(38-34(36-28)24-14-6-2-7-15-24)39-30-19-11-10-18-26(30)27-20-32-29(21-31(27)39)37-35(40-32)25-16-8-3-9-17-25/h1-22H. The highest BCUT2D eigenvalue weighted by atomic mass is 32.1. The fourth-order valence-corrected chi connectivity index (χ4v) is 6.36. The minimum atomic E-state index is 0.698. The average molecular weight is 531 g/mol. The summed E-state index contributed by atoms with van der Waals surface area (Å²) in [5.74, 6) is 1.53. The van der Waals surface area contributed by atoms with Crippen molar-refractivity contribution in [1.82, 2.24) is 19.5 Å². The Kier molecular flexibility index (Phi) is 5.28. The van der Waals surface area contributed by atoms with E-state index in [4.69, 9.17) is 15.0 Å². The molecule has 0 saturated carbocycles. The lowest BCUT2D eigenvalue weighted by atomic mass is 10.1. The molecule has 0 radical (unpaired) electrons. The molecule has 5 aromatic carbocycles. The zero-order valence-corrected chi connectivity index (χ0v) is 22.2. The number of hydrogen-bond acceptors (Lipinski definition) is 4. The smallest absolute Gasteiger partial charge is 0.162 e. The number of hydrogen-bond donors (Lipinski definition) is 0. The van der Waals surface area contributed by atoms with E-state index in [0.29, 0.717) is 5.82 Å². The molecular formula is C35H22N4S. The number of aromatic nitrogens is 4. The zero-order valence-electron chi connectivity index (χ0n) is 21.4. The third kappa shape index (κ3) is 3.79. The van der Waals surface area contributed by atoms with Crippen LogP contribution in [0.4, 0.5) is 0 Å². The van der Waals surface area contributed by atoms with Crippen molar-refractivity contribution in [1.29, 1.82) is 0 Å². The maximum Gasteiger partial charge on any atom is 0.162 e. The number of nitrogens with zero attached hydrogens (tertiary/aromatic N) is 4. The molecule has 0 amide bonds. The molecule has 3 heterocycles. The van der Waals surface area contributed by atoms with Gasteiger partial charge in [0.05, 0.1) is 26.9 Å². The van der Waals surface area contributed by atoms with Gasteiger partial charge in [0.25, 0.3) is 0 Å². The van der Waals surface area contributed by atoms with Crippen LogP contribution in [-0.2, 0) is 0 Å². The molecule has 0 aliphatic rings. The van der Waals surface area contributed by atoms with Crippen molar-refractivity contribution >= 4 is 43.4 Å². The second-order valence-corrected chi connectivity index (χ2v) is 10.8. The molecule has 40 heavy (non-hydrogen) atoms. The Hall–Kier alpha value is -5.13. The highest BCUT2D eigenvalue weighted by Crippen LogP contribution is 2.38. The lowest BCUT2D eigenvalue weighted by Gasteiger charge is -2.12. The second kappa shape index (κ2) is 9.26. The van der Waals surface area contributed by atoms with E-state index in [-0.39, 0.29) is 0 Å². The molecule has 0 aliphatic heterocycles. The summed E-state index contributed by atoms with van der Waals surface area (Å²) in [6, 6.07) is 46.0. The highest BCUT2D eigenvalue weighted by Gasteiger charge is 2.18. The Bertz CT molecular complexity index is 2090. The molecule has 0 unspecified atom stereocenters. The fraction of sp³-hybridized carbons (Fsp3) is 0. The molecule has 0 spiro atoms. The molecule has 8 rings (SSSR count). The van der Waals surface area contributed by atoms with Gasteiger partial charge in [-0.25, -0.2) is 15.0 Å². The van der Waals surface area contributed by atoms with E-state index in [2.05, 4.69) is 95.6 Å². The zero-order chi connectivity index (χ0) is 26.5. The minimum absolute atomic E-state index is 0.698. The van der Waals surface area contributed by atoms with Gasteiger partial charge in [0, 0.05) is 33.5 Å². The van der Waals surface area contributed by atoms with E-state index in [1.165, 1.54) is 15.5 Å². The third-order valence-corrected chi connectivity index (χ3v) is 8.31. The molecular weight excluding hydrogens is 508 g/mol. The van der Waals surface area contributed by atoms with Gasteiger partial charge in [0.1, 0.15) is 10.8 Å². The molecule has 0 N–H and O–H groups in total. The summed E-state index contributed by atoms with van der Waals surface area (Å²) < 4.78 is 3.43. The first-order valence-corrected chi connectivity index (χ1v) is 14.0. The maximum atomic E-state index is 5.14. The van der Waals surface area contributed by atoms with Crippen LogP contribution < -0.4 is 0 Å². The summed E-state index contributed by atoms with van der Waals surface area (Å²) in [4.78, 5) is 15.2. The van der Waals surface area contributed by atoms with E-state index in [1.54, 1.807) is 11.3 Å². The summed E-state index contributed by atoms with van der Waals surface area (Å²) in [6.07, 6.45) is 0. The van der Waals surface area contributed by atoms with Crippen molar-refractivity contribution < 1.29 is 0 Å². The van der Waals surface area contributed by atoms with Crippen molar-refractivity contribution in [3.05, 3.63) is 133 Å². The molecule has 0 bridgehead atoms. The lowest BCUT2D eigenvalue weighted by molar-refractivity contribution is 1.05. The normalized spacial score (nSPS) is 11.5. The van der Waals surface area contributed by atoms with Crippen molar-refractivity contribution in [2.75, 3.05) is 0 Å². The molecule has 0 fully saturated rings. The fourth-order valence-electron chi connectivity index (χ4n) is 5.36. The molecule has 3 aromatic heterocycles. The molecule has 8 aromatic rings. The summed E-state index contributed by atoms with van der Waals surface area (Å²) in [7, 11) is 0. The molecule has 4 nitrogen and oxygen atoms in total. The van der Waals surface area contributed by atoms with Crippen LogP contribution in [0.1, 0.15) is 0 Å². The van der Waals surface area contributed by atoms with Crippen LogP contribution in [0.15, 0.2) is 133 Å². The summed E-state index contributed by atoms with van der Waals surface area (Å²) in [5.41, 5.74) is 7.23. The van der Waals surface area contributed by atoms with E-state index in [1.807, 2.05) is 42.5 Å². The molecule has 0 aliphatic carbocycles. The Labute approximate surface area is 234 Å². The van der Waals surface area contributed by atoms with Crippen LogP contribution in [0.5, 0.6) is 0 Å². The Morgan fingerprint density at radius 3 is 1.90 bits per heavy atom. The topological polar surface area (TPSA) is 43.6 Å². The molecule has 0 atom stereocenters. The van der Waals surface area contributed by atoms with Gasteiger partial charge in [0.15, 0.2) is 5.82 Å². The van der Waals surface area contributed by atoms with Crippen molar-refractivity contribution in [2.24, 2.45) is 0 Å². The van der Waals surface area contributed by atoms with Crippen molar-refractivity contribution in [2.45, 2.75) is 0 Å². The van der Waals surface area contributed by atoms with Crippen LogP contribution in [0.25, 0.3) is 71.1 Å². The third-order valence-electron chi connectivity index (χ3n) is 7.25. The van der Waals surface area contributed by atoms with E-state index in [9.17, 15) is 0 Å². The number of rotatable bonds is 4. The predicted octanol–water partition coefficient (Wildman–Crippen LogP) is 9.18. The summed E-state index contributed by atoms with van der Waals surface area (Å²) in [5, 5.41) is 3.40. The van der Waals surface area contributed by atoms with E-state index < -0.39 is 0 Å². The largest absolute Gasteiger partial charge is 0.294 e. The van der Waals surface area contributed by atoms with Crippen molar-refractivity contribution in [3.63, 3.8) is 0 Å². The van der Waals surface area contributed by atoms with Gasteiger partial charge < -0.3 is 0 Å².